The van der Waals surface area contributed by atoms with Crippen molar-refractivity contribution >= 4 is 0 Å². The summed E-state index contributed by atoms with van der Waals surface area (Å²) in [5, 5.41) is 4.54. The van der Waals surface area contributed by atoms with E-state index in [0.717, 1.165) is 28.3 Å². The summed E-state index contributed by atoms with van der Waals surface area (Å²) in [6.07, 6.45) is 0.186. The maximum Gasteiger partial charge on any atom is 0.119 e. The van der Waals surface area contributed by atoms with Crippen LogP contribution in [0.5, 0.6) is 5.75 Å². The molecule has 4 nitrogen and oxygen atoms in total. The van der Waals surface area contributed by atoms with Gasteiger partial charge in [-0.25, -0.2) is 0 Å². The molecule has 0 amide bonds. The molecule has 0 aliphatic heterocycles. The molecule has 0 aliphatic rings. The minimum atomic E-state index is 0.186. The molecule has 0 aliphatic carbocycles. The molecular formula is C15H21N3O. The number of nitrogens with zero attached hydrogens (tertiary/aromatic N) is 2. The Hall–Kier alpha value is -1.81. The minimum absolute atomic E-state index is 0.186. The molecule has 19 heavy (non-hydrogen) atoms. The number of rotatable bonds is 4. The summed E-state index contributed by atoms with van der Waals surface area (Å²) in [6.45, 7) is 6.60. The summed E-state index contributed by atoms with van der Waals surface area (Å²) in [5.41, 5.74) is 10.0. The third-order valence-corrected chi connectivity index (χ3v) is 3.12. The third kappa shape index (κ3) is 2.79. The normalized spacial score (nSPS) is 11.1. The molecule has 0 radical (unpaired) electrons. The topological polar surface area (TPSA) is 53.1 Å². The second-order valence-corrected chi connectivity index (χ2v) is 4.94. The van der Waals surface area contributed by atoms with E-state index >= 15 is 0 Å². The monoisotopic (exact) mass is 259 g/mol. The van der Waals surface area contributed by atoms with Gasteiger partial charge in [0.15, 0.2) is 0 Å². The van der Waals surface area contributed by atoms with E-state index < -0.39 is 0 Å². The molecule has 2 N–H and O–H groups in total. The molecule has 1 aromatic heterocycles. The Kier molecular flexibility index (Phi) is 3.90. The van der Waals surface area contributed by atoms with Gasteiger partial charge >= 0.3 is 0 Å². The first-order chi connectivity index (χ1) is 9.02. The van der Waals surface area contributed by atoms with Gasteiger partial charge < -0.3 is 10.5 Å². The quantitative estimate of drug-likeness (QED) is 0.918. The summed E-state index contributed by atoms with van der Waals surface area (Å²) in [4.78, 5) is 0. The van der Waals surface area contributed by atoms with Crippen molar-refractivity contribution in [3.05, 3.63) is 35.5 Å². The molecule has 0 unspecified atom stereocenters. The number of aromatic nitrogens is 2. The Morgan fingerprint density at radius 2 is 1.89 bits per heavy atom. The zero-order chi connectivity index (χ0) is 14.0. The fourth-order valence-electron chi connectivity index (χ4n) is 2.19. The van der Waals surface area contributed by atoms with Gasteiger partial charge in [0.25, 0.3) is 0 Å². The van der Waals surface area contributed by atoms with E-state index in [0.29, 0.717) is 6.54 Å². The standard InChI is InChI=1S/C15H21N3O/c1-10(2)19-13-7-5-12(6-8-13)15-11(3)14(9-16)18(4)17-15/h5-8,10H,9,16H2,1-4H3. The van der Waals surface area contributed by atoms with Crippen LogP contribution >= 0.6 is 0 Å². The highest BCUT2D eigenvalue weighted by atomic mass is 16.5. The van der Waals surface area contributed by atoms with Gasteiger partial charge in [-0.05, 0) is 50.6 Å². The molecule has 0 spiro atoms. The Labute approximate surface area is 114 Å². The number of ether oxygens (including phenoxy) is 1. The van der Waals surface area contributed by atoms with Crippen molar-refractivity contribution < 1.29 is 4.74 Å². The highest BCUT2D eigenvalue weighted by molar-refractivity contribution is 5.64. The zero-order valence-corrected chi connectivity index (χ0v) is 12.0. The molecule has 2 rings (SSSR count). The average molecular weight is 259 g/mol. The zero-order valence-electron chi connectivity index (χ0n) is 12.0. The average Bonchev–Trinajstić information content (AvgIpc) is 2.64. The van der Waals surface area contributed by atoms with Crippen molar-refractivity contribution in [1.29, 1.82) is 0 Å². The number of hydrogen-bond acceptors (Lipinski definition) is 3. The van der Waals surface area contributed by atoms with Crippen LogP contribution in [-0.2, 0) is 13.6 Å². The second kappa shape index (κ2) is 5.45. The van der Waals surface area contributed by atoms with E-state index in [2.05, 4.69) is 12.0 Å². The summed E-state index contributed by atoms with van der Waals surface area (Å²) in [5.74, 6) is 0.881. The Bertz CT molecular complexity index is 556. The first-order valence-electron chi connectivity index (χ1n) is 6.52. The maximum absolute atomic E-state index is 5.74. The largest absolute Gasteiger partial charge is 0.491 e. The van der Waals surface area contributed by atoms with Crippen LogP contribution in [0.1, 0.15) is 25.1 Å². The predicted molar refractivity (Wildman–Crippen MR) is 77.0 cm³/mol. The highest BCUT2D eigenvalue weighted by Gasteiger charge is 2.12. The first-order valence-corrected chi connectivity index (χ1v) is 6.52. The van der Waals surface area contributed by atoms with Crippen LogP contribution in [0.25, 0.3) is 11.3 Å². The van der Waals surface area contributed by atoms with Gasteiger partial charge in [-0.2, -0.15) is 5.10 Å². The molecule has 0 atom stereocenters. The lowest BCUT2D eigenvalue weighted by molar-refractivity contribution is 0.242. The molecule has 4 heteroatoms. The molecule has 102 valence electrons. The maximum atomic E-state index is 5.74. The van der Waals surface area contributed by atoms with Crippen molar-refractivity contribution in [3.8, 4) is 17.0 Å². The smallest absolute Gasteiger partial charge is 0.119 e. The number of hydrogen-bond donors (Lipinski definition) is 1. The minimum Gasteiger partial charge on any atom is -0.491 e. The van der Waals surface area contributed by atoms with Crippen molar-refractivity contribution in [2.75, 3.05) is 0 Å². The van der Waals surface area contributed by atoms with Gasteiger partial charge in [0.2, 0.25) is 0 Å². The SMILES string of the molecule is Cc1c(-c2ccc(OC(C)C)cc2)nn(C)c1CN. The summed E-state index contributed by atoms with van der Waals surface area (Å²) >= 11 is 0. The van der Waals surface area contributed by atoms with Crippen molar-refractivity contribution in [3.63, 3.8) is 0 Å². The lowest BCUT2D eigenvalue weighted by Gasteiger charge is -2.09. The summed E-state index contributed by atoms with van der Waals surface area (Å²) in [6, 6.07) is 8.03. The molecule has 0 bridgehead atoms. The Morgan fingerprint density at radius 1 is 1.26 bits per heavy atom. The van der Waals surface area contributed by atoms with Crippen LogP contribution < -0.4 is 10.5 Å². The predicted octanol–water partition coefficient (Wildman–Crippen LogP) is 2.64. The van der Waals surface area contributed by atoms with Gasteiger partial charge in [0.05, 0.1) is 17.5 Å². The van der Waals surface area contributed by atoms with Crippen molar-refractivity contribution in [2.45, 2.75) is 33.4 Å². The van der Waals surface area contributed by atoms with Crippen molar-refractivity contribution in [2.24, 2.45) is 12.8 Å². The number of nitrogens with two attached hydrogens (primary N) is 1. The van der Waals surface area contributed by atoms with Crippen molar-refractivity contribution in [1.82, 2.24) is 9.78 Å². The van der Waals surface area contributed by atoms with Crippen LogP contribution in [-0.4, -0.2) is 15.9 Å². The lowest BCUT2D eigenvalue weighted by Crippen LogP contribution is -2.05. The number of benzene rings is 1. The van der Waals surface area contributed by atoms with E-state index in [9.17, 15) is 0 Å². The molecule has 0 saturated heterocycles. The Morgan fingerprint density at radius 3 is 2.37 bits per heavy atom. The van der Waals surface area contributed by atoms with Crippen LogP contribution in [0, 0.1) is 6.92 Å². The fourth-order valence-corrected chi connectivity index (χ4v) is 2.19. The van der Waals surface area contributed by atoms with Crippen LogP contribution in [0.2, 0.25) is 0 Å². The second-order valence-electron chi connectivity index (χ2n) is 4.94. The molecule has 0 saturated carbocycles. The van der Waals surface area contributed by atoms with E-state index in [1.165, 1.54) is 0 Å². The first kappa shape index (κ1) is 13.6. The molecule has 0 fully saturated rings. The summed E-state index contributed by atoms with van der Waals surface area (Å²) in [7, 11) is 1.93. The van der Waals surface area contributed by atoms with Gasteiger partial charge in [0, 0.05) is 19.2 Å². The molecular weight excluding hydrogens is 238 g/mol. The van der Waals surface area contributed by atoms with E-state index in [1.807, 2.05) is 49.8 Å². The van der Waals surface area contributed by atoms with Crippen LogP contribution in [0.3, 0.4) is 0 Å². The number of aryl methyl sites for hydroxylation is 1. The third-order valence-electron chi connectivity index (χ3n) is 3.12. The molecule has 2 aromatic rings. The molecule has 1 aromatic carbocycles. The van der Waals surface area contributed by atoms with E-state index in [4.69, 9.17) is 10.5 Å². The fraction of sp³-hybridized carbons (Fsp3) is 0.400. The van der Waals surface area contributed by atoms with E-state index in [1.54, 1.807) is 0 Å². The van der Waals surface area contributed by atoms with Crippen LogP contribution in [0.4, 0.5) is 0 Å². The van der Waals surface area contributed by atoms with Gasteiger partial charge in [-0.1, -0.05) is 0 Å². The van der Waals surface area contributed by atoms with E-state index in [-0.39, 0.29) is 6.10 Å². The highest BCUT2D eigenvalue weighted by Crippen LogP contribution is 2.26. The van der Waals surface area contributed by atoms with Gasteiger partial charge in [-0.15, -0.1) is 0 Å². The van der Waals surface area contributed by atoms with Crippen LogP contribution in [0.15, 0.2) is 24.3 Å². The van der Waals surface area contributed by atoms with Gasteiger partial charge in [-0.3, -0.25) is 4.68 Å². The van der Waals surface area contributed by atoms with Gasteiger partial charge in [0.1, 0.15) is 5.75 Å². The Balaban J connectivity index is 2.32. The molecule has 1 heterocycles. The summed E-state index contributed by atoms with van der Waals surface area (Å²) < 4.78 is 7.49. The lowest BCUT2D eigenvalue weighted by atomic mass is 10.1.